The molecule has 0 aliphatic carbocycles. The second-order valence-electron chi connectivity index (χ2n) is 4.38. The Kier molecular flexibility index (Phi) is 4.19. The highest BCUT2D eigenvalue weighted by atomic mass is 35.5. The fraction of sp³-hybridized carbons (Fsp3) is 0.462. The summed E-state index contributed by atoms with van der Waals surface area (Å²) in [7, 11) is 1.69. The lowest BCUT2D eigenvalue weighted by Crippen LogP contribution is -2.40. The van der Waals surface area contributed by atoms with Crippen molar-refractivity contribution in [2.45, 2.75) is 18.9 Å². The van der Waals surface area contributed by atoms with Gasteiger partial charge in [-0.05, 0) is 31.0 Å². The summed E-state index contributed by atoms with van der Waals surface area (Å²) in [5.74, 6) is -0.870. The van der Waals surface area contributed by atoms with Crippen LogP contribution in [-0.4, -0.2) is 37.1 Å². The van der Waals surface area contributed by atoms with Crippen LogP contribution < -0.4 is 0 Å². The molecule has 18 heavy (non-hydrogen) atoms. The van der Waals surface area contributed by atoms with Crippen LogP contribution in [0.5, 0.6) is 0 Å². The van der Waals surface area contributed by atoms with E-state index < -0.39 is 5.82 Å². The summed E-state index contributed by atoms with van der Waals surface area (Å²) in [6, 6.07) is 4.12. The maximum atomic E-state index is 13.6. The van der Waals surface area contributed by atoms with E-state index in [-0.39, 0.29) is 17.5 Å². The van der Waals surface area contributed by atoms with Gasteiger partial charge in [-0.1, -0.05) is 11.6 Å². The van der Waals surface area contributed by atoms with E-state index in [0.29, 0.717) is 18.2 Å². The molecule has 1 aliphatic heterocycles. The van der Waals surface area contributed by atoms with Crippen molar-refractivity contribution in [3.05, 3.63) is 34.6 Å². The first kappa shape index (κ1) is 13.3. The molecule has 1 aromatic carbocycles. The van der Waals surface area contributed by atoms with E-state index in [1.165, 1.54) is 18.2 Å². The molecule has 3 nitrogen and oxygen atoms in total. The van der Waals surface area contributed by atoms with E-state index in [2.05, 4.69) is 0 Å². The van der Waals surface area contributed by atoms with E-state index in [1.54, 1.807) is 11.9 Å². The quantitative estimate of drug-likeness (QED) is 0.828. The van der Waals surface area contributed by atoms with Crippen molar-refractivity contribution in [2.24, 2.45) is 0 Å². The van der Waals surface area contributed by atoms with Gasteiger partial charge < -0.3 is 9.64 Å². The Balaban J connectivity index is 2.16. The van der Waals surface area contributed by atoms with Crippen molar-refractivity contribution in [1.82, 2.24) is 4.90 Å². The molecule has 1 fully saturated rings. The summed E-state index contributed by atoms with van der Waals surface area (Å²) in [6.07, 6.45) is 1.56. The molecule has 98 valence electrons. The van der Waals surface area contributed by atoms with Crippen molar-refractivity contribution >= 4 is 17.5 Å². The molecule has 2 rings (SSSR count). The van der Waals surface area contributed by atoms with Crippen molar-refractivity contribution in [2.75, 3.05) is 20.3 Å². The molecule has 1 aliphatic rings. The number of halogens is 2. The average Bonchev–Trinajstić information content (AvgIpc) is 2.41. The molecule has 0 spiro atoms. The number of rotatable bonds is 2. The summed E-state index contributed by atoms with van der Waals surface area (Å²) >= 11 is 5.79. The molecule has 0 N–H and O–H groups in total. The molecule has 1 amide bonds. The van der Waals surface area contributed by atoms with Crippen LogP contribution in [-0.2, 0) is 4.74 Å². The van der Waals surface area contributed by atoms with Crippen LogP contribution >= 0.6 is 11.6 Å². The number of ether oxygens (including phenoxy) is 1. The minimum Gasteiger partial charge on any atom is -0.381 e. The van der Waals surface area contributed by atoms with Crippen LogP contribution in [0.1, 0.15) is 23.2 Å². The predicted molar refractivity (Wildman–Crippen MR) is 67.3 cm³/mol. The monoisotopic (exact) mass is 271 g/mol. The van der Waals surface area contributed by atoms with Crippen LogP contribution in [0.4, 0.5) is 4.39 Å². The Morgan fingerprint density at radius 1 is 1.44 bits per heavy atom. The van der Waals surface area contributed by atoms with E-state index in [0.717, 1.165) is 12.8 Å². The standard InChI is InChI=1S/C13H15ClFNO2/c1-16(10-4-6-18-7-5-10)13(17)11-8-9(14)2-3-12(11)15/h2-3,8,10H,4-7H2,1H3. The van der Waals surface area contributed by atoms with Crippen LogP contribution in [0.2, 0.25) is 5.02 Å². The number of hydrogen-bond acceptors (Lipinski definition) is 2. The molecule has 5 heteroatoms. The third-order valence-electron chi connectivity index (χ3n) is 3.22. The molecule has 1 aromatic rings. The zero-order valence-electron chi connectivity index (χ0n) is 10.2. The first-order chi connectivity index (χ1) is 8.59. The topological polar surface area (TPSA) is 29.5 Å². The number of amides is 1. The van der Waals surface area contributed by atoms with Crippen LogP contribution in [0.25, 0.3) is 0 Å². The first-order valence-electron chi connectivity index (χ1n) is 5.89. The fourth-order valence-electron chi connectivity index (χ4n) is 2.09. The van der Waals surface area contributed by atoms with Gasteiger partial charge in [-0.3, -0.25) is 4.79 Å². The molecule has 0 saturated carbocycles. The van der Waals surface area contributed by atoms with E-state index >= 15 is 0 Å². The van der Waals surface area contributed by atoms with Crippen LogP contribution in [0.3, 0.4) is 0 Å². The Hall–Kier alpha value is -1.13. The number of hydrogen-bond donors (Lipinski definition) is 0. The van der Waals surface area contributed by atoms with Crippen molar-refractivity contribution < 1.29 is 13.9 Å². The maximum absolute atomic E-state index is 13.6. The summed E-state index contributed by atoms with van der Waals surface area (Å²) < 4.78 is 18.9. The molecule has 1 heterocycles. The van der Waals surface area contributed by atoms with Gasteiger partial charge in [-0.25, -0.2) is 4.39 Å². The van der Waals surface area contributed by atoms with Crippen molar-refractivity contribution in [1.29, 1.82) is 0 Å². The Morgan fingerprint density at radius 3 is 2.78 bits per heavy atom. The van der Waals surface area contributed by atoms with Crippen LogP contribution in [0.15, 0.2) is 18.2 Å². The van der Waals surface area contributed by atoms with Crippen molar-refractivity contribution in [3.8, 4) is 0 Å². The summed E-state index contributed by atoms with van der Waals surface area (Å²) in [5, 5.41) is 0.361. The second kappa shape index (κ2) is 5.67. The van der Waals surface area contributed by atoms with Crippen molar-refractivity contribution in [3.63, 3.8) is 0 Å². The lowest BCUT2D eigenvalue weighted by Gasteiger charge is -2.31. The molecule has 0 bridgehead atoms. The minimum atomic E-state index is -0.539. The van der Waals surface area contributed by atoms with Gasteiger partial charge in [0.25, 0.3) is 5.91 Å². The Labute approximate surface area is 110 Å². The fourth-order valence-corrected chi connectivity index (χ4v) is 2.26. The van der Waals surface area contributed by atoms with E-state index in [1.807, 2.05) is 0 Å². The van der Waals surface area contributed by atoms with Gasteiger partial charge in [0.05, 0.1) is 5.56 Å². The lowest BCUT2D eigenvalue weighted by molar-refractivity contribution is 0.0359. The van der Waals surface area contributed by atoms with Crippen LogP contribution in [0, 0.1) is 5.82 Å². The summed E-state index contributed by atoms with van der Waals surface area (Å²) in [6.45, 7) is 1.28. The molecule has 1 saturated heterocycles. The summed E-state index contributed by atoms with van der Waals surface area (Å²) in [5.41, 5.74) is 0.0245. The van der Waals surface area contributed by atoms with Gasteiger partial charge in [-0.2, -0.15) is 0 Å². The minimum absolute atomic E-state index is 0.0245. The SMILES string of the molecule is CN(C(=O)c1cc(Cl)ccc1F)C1CCOCC1. The largest absolute Gasteiger partial charge is 0.381 e. The van der Waals surface area contributed by atoms with E-state index in [9.17, 15) is 9.18 Å². The highest BCUT2D eigenvalue weighted by Gasteiger charge is 2.25. The normalized spacial score (nSPS) is 16.6. The highest BCUT2D eigenvalue weighted by molar-refractivity contribution is 6.31. The van der Waals surface area contributed by atoms with Gasteiger partial charge >= 0.3 is 0 Å². The summed E-state index contributed by atoms with van der Waals surface area (Å²) in [4.78, 5) is 13.8. The Morgan fingerprint density at radius 2 is 2.11 bits per heavy atom. The molecule has 0 aromatic heterocycles. The second-order valence-corrected chi connectivity index (χ2v) is 4.82. The van der Waals surface area contributed by atoms with Gasteiger partial charge in [0.2, 0.25) is 0 Å². The average molecular weight is 272 g/mol. The third-order valence-corrected chi connectivity index (χ3v) is 3.45. The number of benzene rings is 1. The predicted octanol–water partition coefficient (Wildman–Crippen LogP) is 2.73. The molecule has 0 radical (unpaired) electrons. The van der Waals surface area contributed by atoms with Gasteiger partial charge in [-0.15, -0.1) is 0 Å². The van der Waals surface area contributed by atoms with Gasteiger partial charge in [0, 0.05) is 31.3 Å². The zero-order valence-corrected chi connectivity index (χ0v) is 10.9. The highest BCUT2D eigenvalue weighted by Crippen LogP contribution is 2.20. The molecule has 0 atom stereocenters. The zero-order chi connectivity index (χ0) is 13.1. The number of carbonyl (C=O) groups excluding carboxylic acids is 1. The third kappa shape index (κ3) is 2.82. The lowest BCUT2D eigenvalue weighted by atomic mass is 10.1. The molecular formula is C13H15ClFNO2. The maximum Gasteiger partial charge on any atom is 0.256 e. The van der Waals surface area contributed by atoms with Gasteiger partial charge in [0.15, 0.2) is 0 Å². The first-order valence-corrected chi connectivity index (χ1v) is 6.27. The van der Waals surface area contributed by atoms with Gasteiger partial charge in [0.1, 0.15) is 5.82 Å². The number of carbonyl (C=O) groups is 1. The molecule has 0 unspecified atom stereocenters. The Bertz CT molecular complexity index is 447. The molecular weight excluding hydrogens is 257 g/mol. The smallest absolute Gasteiger partial charge is 0.256 e. The number of nitrogens with zero attached hydrogens (tertiary/aromatic N) is 1. The van der Waals surface area contributed by atoms with E-state index in [4.69, 9.17) is 16.3 Å².